The van der Waals surface area contributed by atoms with Gasteiger partial charge in [0.05, 0.1) is 23.0 Å². The highest BCUT2D eigenvalue weighted by Gasteiger charge is 2.20. The van der Waals surface area contributed by atoms with Crippen LogP contribution in [0.15, 0.2) is 24.4 Å². The lowest BCUT2D eigenvalue weighted by Crippen LogP contribution is -2.25. The third kappa shape index (κ3) is 2.83. The molecule has 20 heavy (non-hydrogen) atoms. The molecule has 0 saturated carbocycles. The molecule has 0 bridgehead atoms. The van der Waals surface area contributed by atoms with Crippen molar-refractivity contribution < 1.29 is 18.7 Å². The van der Waals surface area contributed by atoms with Crippen LogP contribution in [0.25, 0.3) is 11.3 Å². The van der Waals surface area contributed by atoms with Gasteiger partial charge in [-0.2, -0.15) is 5.10 Å². The van der Waals surface area contributed by atoms with Crippen molar-refractivity contribution in [2.75, 3.05) is 13.2 Å². The van der Waals surface area contributed by atoms with E-state index in [1.165, 1.54) is 12.3 Å². The third-order valence-electron chi connectivity index (χ3n) is 2.72. The molecular weight excluding hydrogens is 268 g/mol. The van der Waals surface area contributed by atoms with E-state index in [9.17, 15) is 13.6 Å². The summed E-state index contributed by atoms with van der Waals surface area (Å²) in [5, 5.41) is 17.3. The molecule has 1 heterocycles. The van der Waals surface area contributed by atoms with Crippen LogP contribution in [-0.2, 0) is 0 Å². The molecule has 0 spiro atoms. The number of aliphatic hydroxyl groups is 1. The maximum absolute atomic E-state index is 13.7. The monoisotopic (exact) mass is 281 g/mol. The molecule has 0 aliphatic rings. The fourth-order valence-electron chi connectivity index (χ4n) is 1.76. The first-order valence-electron chi connectivity index (χ1n) is 6.02. The Morgan fingerprint density at radius 1 is 1.35 bits per heavy atom. The van der Waals surface area contributed by atoms with Gasteiger partial charge in [-0.15, -0.1) is 0 Å². The van der Waals surface area contributed by atoms with Gasteiger partial charge < -0.3 is 10.4 Å². The van der Waals surface area contributed by atoms with Crippen LogP contribution < -0.4 is 5.32 Å². The van der Waals surface area contributed by atoms with Gasteiger partial charge in [0.25, 0.3) is 5.91 Å². The van der Waals surface area contributed by atoms with E-state index in [-0.39, 0.29) is 30.0 Å². The number of hydrogen-bond donors (Lipinski definition) is 3. The molecule has 0 aliphatic heterocycles. The summed E-state index contributed by atoms with van der Waals surface area (Å²) in [5.74, 6) is -2.07. The van der Waals surface area contributed by atoms with Crippen LogP contribution in [0, 0.1) is 11.6 Å². The lowest BCUT2D eigenvalue weighted by atomic mass is 10.1. The normalized spacial score (nSPS) is 10.6. The first-order chi connectivity index (χ1) is 9.65. The Bertz CT molecular complexity index is 593. The van der Waals surface area contributed by atoms with E-state index >= 15 is 0 Å². The Balaban J connectivity index is 2.31. The van der Waals surface area contributed by atoms with E-state index in [1.807, 2.05) is 0 Å². The van der Waals surface area contributed by atoms with Gasteiger partial charge in [0.15, 0.2) is 0 Å². The smallest absolute Gasteiger partial charge is 0.255 e. The van der Waals surface area contributed by atoms with Crippen molar-refractivity contribution >= 4 is 5.91 Å². The first-order valence-corrected chi connectivity index (χ1v) is 6.02. The fourth-order valence-corrected chi connectivity index (χ4v) is 1.76. The fraction of sp³-hybridized carbons (Fsp3) is 0.231. The van der Waals surface area contributed by atoms with E-state index in [4.69, 9.17) is 5.11 Å². The minimum absolute atomic E-state index is 0.0119. The highest BCUT2D eigenvalue weighted by atomic mass is 19.1. The molecule has 1 aromatic carbocycles. The molecule has 106 valence electrons. The summed E-state index contributed by atoms with van der Waals surface area (Å²) in [7, 11) is 0. The number of aromatic amines is 1. The molecular formula is C13H13F2N3O2. The second kappa shape index (κ2) is 6.25. The predicted molar refractivity (Wildman–Crippen MR) is 68.0 cm³/mol. The standard InChI is InChI=1S/C13H13F2N3O2/c14-9-3-1-4-10(15)11(9)12-8(7-17-18-12)13(20)16-5-2-6-19/h1,3-4,7,19H,2,5-6H2,(H,16,20)(H,17,18). The topological polar surface area (TPSA) is 78.0 Å². The summed E-state index contributed by atoms with van der Waals surface area (Å²) in [6, 6.07) is 3.45. The number of benzene rings is 1. The molecule has 1 aromatic heterocycles. The Morgan fingerprint density at radius 3 is 2.70 bits per heavy atom. The van der Waals surface area contributed by atoms with Crippen molar-refractivity contribution in [3.8, 4) is 11.3 Å². The average molecular weight is 281 g/mol. The van der Waals surface area contributed by atoms with E-state index < -0.39 is 17.5 Å². The summed E-state index contributed by atoms with van der Waals surface area (Å²) in [6.45, 7) is 0.209. The molecule has 0 atom stereocenters. The van der Waals surface area contributed by atoms with Crippen LogP contribution in [0.4, 0.5) is 8.78 Å². The quantitative estimate of drug-likeness (QED) is 0.726. The Morgan fingerprint density at radius 2 is 2.05 bits per heavy atom. The van der Waals surface area contributed by atoms with E-state index in [2.05, 4.69) is 15.5 Å². The zero-order chi connectivity index (χ0) is 14.5. The Labute approximate surface area is 113 Å². The molecule has 2 aromatic rings. The van der Waals surface area contributed by atoms with Gasteiger partial charge in [-0.1, -0.05) is 6.07 Å². The van der Waals surface area contributed by atoms with Crippen LogP contribution in [0.3, 0.4) is 0 Å². The third-order valence-corrected chi connectivity index (χ3v) is 2.72. The molecule has 0 fully saturated rings. The predicted octanol–water partition coefficient (Wildman–Crippen LogP) is 1.47. The molecule has 3 N–H and O–H groups in total. The first kappa shape index (κ1) is 14.1. The Kier molecular flexibility index (Phi) is 4.41. The van der Waals surface area contributed by atoms with Crippen molar-refractivity contribution in [3.63, 3.8) is 0 Å². The van der Waals surface area contributed by atoms with Crippen molar-refractivity contribution in [3.05, 3.63) is 41.6 Å². The van der Waals surface area contributed by atoms with Crippen LogP contribution in [0.2, 0.25) is 0 Å². The highest BCUT2D eigenvalue weighted by molar-refractivity contribution is 5.99. The Hall–Kier alpha value is -2.28. The summed E-state index contributed by atoms with van der Waals surface area (Å²) in [4.78, 5) is 11.9. The van der Waals surface area contributed by atoms with Gasteiger partial charge >= 0.3 is 0 Å². The van der Waals surface area contributed by atoms with E-state index in [0.29, 0.717) is 6.42 Å². The molecule has 2 rings (SSSR count). The number of carbonyl (C=O) groups is 1. The lowest BCUT2D eigenvalue weighted by molar-refractivity contribution is 0.0952. The number of halogens is 2. The number of carbonyl (C=O) groups excluding carboxylic acids is 1. The SMILES string of the molecule is O=C(NCCCO)c1cn[nH]c1-c1c(F)cccc1F. The van der Waals surface area contributed by atoms with Crippen molar-refractivity contribution in [1.82, 2.24) is 15.5 Å². The van der Waals surface area contributed by atoms with Gasteiger partial charge in [-0.3, -0.25) is 9.89 Å². The lowest BCUT2D eigenvalue weighted by Gasteiger charge is -2.06. The van der Waals surface area contributed by atoms with Crippen LogP contribution in [0.5, 0.6) is 0 Å². The molecule has 0 saturated heterocycles. The van der Waals surface area contributed by atoms with Gasteiger partial charge in [-0.05, 0) is 18.6 Å². The van der Waals surface area contributed by atoms with Gasteiger partial charge in [0.2, 0.25) is 0 Å². The zero-order valence-corrected chi connectivity index (χ0v) is 10.5. The van der Waals surface area contributed by atoms with Crippen molar-refractivity contribution in [2.45, 2.75) is 6.42 Å². The number of nitrogens with one attached hydrogen (secondary N) is 2. The van der Waals surface area contributed by atoms with Crippen molar-refractivity contribution in [2.24, 2.45) is 0 Å². The number of aromatic nitrogens is 2. The van der Waals surface area contributed by atoms with Gasteiger partial charge in [0, 0.05) is 13.2 Å². The second-order valence-corrected chi connectivity index (χ2v) is 4.09. The molecule has 1 amide bonds. The van der Waals surface area contributed by atoms with E-state index in [0.717, 1.165) is 12.1 Å². The van der Waals surface area contributed by atoms with E-state index in [1.54, 1.807) is 0 Å². The van der Waals surface area contributed by atoms with Gasteiger partial charge in [-0.25, -0.2) is 8.78 Å². The number of nitrogens with zero attached hydrogens (tertiary/aromatic N) is 1. The summed E-state index contributed by atoms with van der Waals surface area (Å²) < 4.78 is 27.4. The second-order valence-electron chi connectivity index (χ2n) is 4.09. The summed E-state index contributed by atoms with van der Waals surface area (Å²) >= 11 is 0. The molecule has 5 nitrogen and oxygen atoms in total. The summed E-state index contributed by atoms with van der Waals surface area (Å²) in [6.07, 6.45) is 1.60. The zero-order valence-electron chi connectivity index (χ0n) is 10.5. The minimum Gasteiger partial charge on any atom is -0.396 e. The molecule has 0 aliphatic carbocycles. The van der Waals surface area contributed by atoms with Gasteiger partial charge in [0.1, 0.15) is 11.6 Å². The molecule has 0 unspecified atom stereocenters. The summed E-state index contributed by atoms with van der Waals surface area (Å²) in [5.41, 5.74) is -0.286. The number of aliphatic hydroxyl groups excluding tert-OH is 1. The number of hydrogen-bond acceptors (Lipinski definition) is 3. The van der Waals surface area contributed by atoms with Crippen LogP contribution >= 0.6 is 0 Å². The maximum Gasteiger partial charge on any atom is 0.255 e. The molecule has 7 heteroatoms. The van der Waals surface area contributed by atoms with Crippen LogP contribution in [0.1, 0.15) is 16.8 Å². The van der Waals surface area contributed by atoms with Crippen molar-refractivity contribution in [1.29, 1.82) is 0 Å². The largest absolute Gasteiger partial charge is 0.396 e. The average Bonchev–Trinajstić information content (AvgIpc) is 2.88. The van der Waals surface area contributed by atoms with Crippen LogP contribution in [-0.4, -0.2) is 34.4 Å². The molecule has 0 radical (unpaired) electrons. The maximum atomic E-state index is 13.7. The highest BCUT2D eigenvalue weighted by Crippen LogP contribution is 2.26. The number of H-pyrrole nitrogens is 1. The number of amides is 1. The minimum atomic E-state index is -0.779. The number of rotatable bonds is 5.